The average molecular weight is 333 g/mol. The molecule has 0 fully saturated rings. The molecule has 0 saturated heterocycles. The van der Waals surface area contributed by atoms with Gasteiger partial charge in [0.2, 0.25) is 0 Å². The molecule has 0 aromatic heterocycles. The van der Waals surface area contributed by atoms with Gasteiger partial charge in [-0.15, -0.1) is 0 Å². The van der Waals surface area contributed by atoms with Crippen molar-refractivity contribution in [2.75, 3.05) is 0 Å². The first-order valence-corrected chi connectivity index (χ1v) is 13.0. The van der Waals surface area contributed by atoms with Crippen molar-refractivity contribution in [1.82, 2.24) is 0 Å². The van der Waals surface area contributed by atoms with E-state index in [9.17, 15) is 26.5 Å². The van der Waals surface area contributed by atoms with Crippen LogP contribution >= 0.6 is 0 Å². The van der Waals surface area contributed by atoms with E-state index >= 15 is 0 Å². The number of hydrogen-bond acceptors (Lipinski definition) is 2. The van der Waals surface area contributed by atoms with Gasteiger partial charge in [-0.3, -0.25) is 0 Å². The van der Waals surface area contributed by atoms with Gasteiger partial charge in [0, 0.05) is 8.80 Å². The second-order valence-corrected chi connectivity index (χ2v) is 12.2. The summed E-state index contributed by atoms with van der Waals surface area (Å²) >= 11 is 0. The van der Waals surface area contributed by atoms with E-state index in [2.05, 4.69) is 0 Å². The average Bonchev–Trinajstić information content (AvgIpc) is 2.25. The predicted molar refractivity (Wildman–Crippen MR) is 71.4 cm³/mol. The van der Waals surface area contributed by atoms with Gasteiger partial charge < -0.3 is 8.92 Å². The normalized spacial score (nSPS) is 13.6. The molecule has 0 aliphatic heterocycles. The fourth-order valence-electron chi connectivity index (χ4n) is 1.79. The third-order valence-corrected chi connectivity index (χ3v) is 9.49. The molecule has 9 heteroatoms. The van der Waals surface area contributed by atoms with Gasteiger partial charge in [-0.25, -0.2) is 4.39 Å². The summed E-state index contributed by atoms with van der Waals surface area (Å²) in [6.07, 6.45) is -8.05. The van der Waals surface area contributed by atoms with E-state index in [0.29, 0.717) is 24.2 Å². The Kier molecular flexibility index (Phi) is 8.99. The fraction of sp³-hybridized carbons (Fsp3) is 1.00. The Labute approximate surface area is 115 Å². The highest BCUT2D eigenvalue weighted by atomic mass is 28.3. The quantitative estimate of drug-likeness (QED) is 0.477. The summed E-state index contributed by atoms with van der Waals surface area (Å²) in [6, 6.07) is 2.61. The molecular weight excluding hydrogens is 312 g/mol. The molecule has 0 radical (unpaired) electrons. The van der Waals surface area contributed by atoms with E-state index in [1.807, 2.05) is 0 Å². The maximum absolute atomic E-state index is 12.9. The highest BCUT2D eigenvalue weighted by Gasteiger charge is 2.39. The summed E-state index contributed by atoms with van der Waals surface area (Å²) in [5, 5.41) is 0. The van der Waals surface area contributed by atoms with E-state index in [1.165, 1.54) is 0 Å². The van der Waals surface area contributed by atoms with Crippen LogP contribution in [0.5, 0.6) is 0 Å². The molecular formula is C10H20F4O2Si3. The van der Waals surface area contributed by atoms with Gasteiger partial charge in [0.15, 0.2) is 6.17 Å². The van der Waals surface area contributed by atoms with Gasteiger partial charge in [-0.05, 0) is 31.6 Å². The van der Waals surface area contributed by atoms with E-state index in [-0.39, 0.29) is 6.04 Å². The molecule has 1 atom stereocenters. The summed E-state index contributed by atoms with van der Waals surface area (Å²) in [4.78, 5) is 0. The van der Waals surface area contributed by atoms with Crippen LogP contribution < -0.4 is 0 Å². The minimum atomic E-state index is -4.78. The Balaban J connectivity index is 4.24. The van der Waals surface area contributed by atoms with Crippen molar-refractivity contribution in [2.24, 2.45) is 0 Å². The van der Waals surface area contributed by atoms with Gasteiger partial charge in [-0.2, -0.15) is 13.2 Å². The zero-order chi connectivity index (χ0) is 15.1. The Hall–Kier alpha value is -0.0294. The zero-order valence-corrected chi connectivity index (χ0v) is 14.4. The van der Waals surface area contributed by atoms with Crippen molar-refractivity contribution >= 4 is 26.2 Å². The predicted octanol–water partition coefficient (Wildman–Crippen LogP) is 3.61. The molecule has 0 rings (SSSR count). The SMILES string of the molecule is C[Si](=O)CC[SiH](CCC(F)C(F)(F)F)CC[Si](C)=O. The van der Waals surface area contributed by atoms with Gasteiger partial charge in [-0.1, -0.05) is 18.1 Å². The maximum Gasteiger partial charge on any atom is 0.419 e. The molecule has 2 nitrogen and oxygen atoms in total. The molecule has 0 aliphatic carbocycles. The summed E-state index contributed by atoms with van der Waals surface area (Å²) in [6.45, 7) is 3.23. The van der Waals surface area contributed by atoms with Gasteiger partial charge >= 0.3 is 6.18 Å². The molecule has 112 valence electrons. The minimum Gasteiger partial charge on any atom is -0.389 e. The lowest BCUT2D eigenvalue weighted by Gasteiger charge is -2.17. The summed E-state index contributed by atoms with van der Waals surface area (Å²) in [5.41, 5.74) is 0. The zero-order valence-electron chi connectivity index (χ0n) is 11.2. The van der Waals surface area contributed by atoms with Gasteiger partial charge in [0.1, 0.15) is 0 Å². The van der Waals surface area contributed by atoms with Gasteiger partial charge in [0.25, 0.3) is 17.4 Å². The second-order valence-electron chi connectivity index (χ2n) is 4.93. The van der Waals surface area contributed by atoms with Crippen LogP contribution in [0.15, 0.2) is 0 Å². The first kappa shape index (κ1) is 19.0. The smallest absolute Gasteiger partial charge is 0.389 e. The number of alkyl halides is 4. The van der Waals surface area contributed by atoms with Crippen molar-refractivity contribution in [1.29, 1.82) is 0 Å². The largest absolute Gasteiger partial charge is 0.419 e. The van der Waals surface area contributed by atoms with Crippen LogP contribution in [0.4, 0.5) is 17.6 Å². The van der Waals surface area contributed by atoms with E-state index < -0.39 is 44.9 Å². The highest BCUT2D eigenvalue weighted by molar-refractivity contribution is 6.62. The lowest BCUT2D eigenvalue weighted by atomic mass is 10.3. The van der Waals surface area contributed by atoms with E-state index in [0.717, 1.165) is 0 Å². The summed E-state index contributed by atoms with van der Waals surface area (Å²) < 4.78 is 71.3. The Morgan fingerprint density at radius 3 is 1.74 bits per heavy atom. The van der Waals surface area contributed by atoms with E-state index in [1.54, 1.807) is 13.1 Å². The molecule has 0 spiro atoms. The Morgan fingerprint density at radius 2 is 1.42 bits per heavy atom. The van der Waals surface area contributed by atoms with Crippen LogP contribution in [-0.2, 0) is 8.92 Å². The summed E-state index contributed by atoms with van der Waals surface area (Å²) in [5.74, 6) is 0. The van der Waals surface area contributed by atoms with Crippen LogP contribution in [0.25, 0.3) is 0 Å². The van der Waals surface area contributed by atoms with Crippen LogP contribution in [0.2, 0.25) is 43.3 Å². The van der Waals surface area contributed by atoms with E-state index in [4.69, 9.17) is 0 Å². The third kappa shape index (κ3) is 10.4. The monoisotopic (exact) mass is 332 g/mol. The van der Waals surface area contributed by atoms with Crippen molar-refractivity contribution in [3.63, 3.8) is 0 Å². The minimum absolute atomic E-state index is 0.241. The molecule has 0 aromatic carbocycles. The third-order valence-electron chi connectivity index (χ3n) is 2.99. The molecule has 0 heterocycles. The molecule has 0 aliphatic rings. The van der Waals surface area contributed by atoms with Gasteiger partial charge in [0.05, 0.1) is 0 Å². The molecule has 0 aromatic rings. The second kappa shape index (κ2) is 9.01. The molecule has 0 saturated carbocycles. The molecule has 0 amide bonds. The van der Waals surface area contributed by atoms with Crippen LogP contribution in [0, 0.1) is 0 Å². The van der Waals surface area contributed by atoms with Crippen molar-refractivity contribution in [3.05, 3.63) is 0 Å². The number of hydrogen-bond donors (Lipinski definition) is 0. The first-order valence-electron chi connectivity index (χ1n) is 6.32. The number of halogens is 4. The van der Waals surface area contributed by atoms with Crippen molar-refractivity contribution in [2.45, 2.75) is 62.1 Å². The Bertz CT molecular complexity index is 292. The highest BCUT2D eigenvalue weighted by Crippen LogP contribution is 2.28. The summed E-state index contributed by atoms with van der Waals surface area (Å²) in [7, 11) is -4.83. The molecule has 19 heavy (non-hydrogen) atoms. The number of rotatable bonds is 9. The fourth-order valence-corrected chi connectivity index (χ4v) is 9.94. The van der Waals surface area contributed by atoms with Crippen molar-refractivity contribution < 1.29 is 26.5 Å². The Morgan fingerprint density at radius 1 is 1.00 bits per heavy atom. The molecule has 0 N–H and O–H groups in total. The lowest BCUT2D eigenvalue weighted by molar-refractivity contribution is -0.180. The molecule has 1 unspecified atom stereocenters. The standard InChI is InChI=1S/C10H20F4O2Si3/c1-17(15)5-7-19(8-6-18(2)16)4-3-9(11)10(12,13)14/h9,19H,3-8H2,1-2H3. The van der Waals surface area contributed by atoms with Crippen LogP contribution in [-0.4, -0.2) is 38.5 Å². The lowest BCUT2D eigenvalue weighted by Crippen LogP contribution is -2.26. The first-order chi connectivity index (χ1) is 8.62. The maximum atomic E-state index is 12.9. The van der Waals surface area contributed by atoms with Crippen molar-refractivity contribution in [3.8, 4) is 0 Å². The van der Waals surface area contributed by atoms with Crippen LogP contribution in [0.3, 0.4) is 0 Å². The van der Waals surface area contributed by atoms with Crippen LogP contribution in [0.1, 0.15) is 6.42 Å². The topological polar surface area (TPSA) is 34.1 Å². The molecule has 0 bridgehead atoms.